The molecule has 7 heteroatoms. The topological polar surface area (TPSA) is 96.9 Å². The van der Waals surface area contributed by atoms with E-state index in [9.17, 15) is 0 Å². The van der Waals surface area contributed by atoms with Crippen LogP contribution in [-0.2, 0) is 0 Å². The van der Waals surface area contributed by atoms with Gasteiger partial charge in [-0.05, 0) is 37.0 Å². The highest BCUT2D eigenvalue weighted by atomic mass is 32.1. The first-order valence-electron chi connectivity index (χ1n) is 9.96. The quantitative estimate of drug-likeness (QED) is 0.454. The highest BCUT2D eigenvalue weighted by molar-refractivity contribution is 7.22. The lowest BCUT2D eigenvalue weighted by molar-refractivity contribution is 0.373. The summed E-state index contributed by atoms with van der Waals surface area (Å²) in [5.41, 5.74) is 7.67. The van der Waals surface area contributed by atoms with Gasteiger partial charge in [-0.2, -0.15) is 0 Å². The summed E-state index contributed by atoms with van der Waals surface area (Å²) < 4.78 is 7.09. The molecule has 29 heavy (non-hydrogen) atoms. The van der Waals surface area contributed by atoms with Crippen molar-refractivity contribution < 1.29 is 4.74 Å². The van der Waals surface area contributed by atoms with E-state index in [4.69, 9.17) is 20.9 Å². The first kappa shape index (κ1) is 19.4. The van der Waals surface area contributed by atoms with Crippen molar-refractivity contribution >= 4 is 38.5 Å². The molecule has 0 amide bonds. The highest BCUT2D eigenvalue weighted by Gasteiger charge is 2.14. The molecule has 2 heterocycles. The maximum Gasteiger partial charge on any atom is 0.183 e. The second-order valence-electron chi connectivity index (χ2n) is 7.28. The highest BCUT2D eigenvalue weighted by Crippen LogP contribution is 2.32. The van der Waals surface area contributed by atoms with Gasteiger partial charge >= 0.3 is 0 Å². The Bertz CT molecular complexity index is 1020. The van der Waals surface area contributed by atoms with Crippen molar-refractivity contribution in [2.24, 2.45) is 11.7 Å². The van der Waals surface area contributed by atoms with Crippen molar-refractivity contribution in [3.8, 4) is 11.5 Å². The predicted molar refractivity (Wildman–Crippen MR) is 120 cm³/mol. The van der Waals surface area contributed by atoms with Crippen LogP contribution >= 0.6 is 11.3 Å². The summed E-state index contributed by atoms with van der Waals surface area (Å²) in [4.78, 5) is 8.94. The van der Waals surface area contributed by atoms with Crippen molar-refractivity contribution in [3.63, 3.8) is 0 Å². The number of nitrogens with zero attached hydrogens (tertiary/aromatic N) is 2. The summed E-state index contributed by atoms with van der Waals surface area (Å²) in [5, 5.41) is 11.9. The van der Waals surface area contributed by atoms with Crippen molar-refractivity contribution in [3.05, 3.63) is 48.4 Å². The number of rotatable bonds is 7. The number of ether oxygens (including phenoxy) is 1. The molecule has 1 fully saturated rings. The molecule has 0 saturated heterocycles. The molecule has 0 spiro atoms. The molecule has 2 aromatic heterocycles. The van der Waals surface area contributed by atoms with E-state index in [1.165, 1.54) is 44.5 Å². The molecule has 0 bridgehead atoms. The molecule has 0 aliphatic heterocycles. The lowest BCUT2D eigenvalue weighted by Gasteiger charge is -2.21. The summed E-state index contributed by atoms with van der Waals surface area (Å²) in [6, 6.07) is 9.48. The monoisotopic (exact) mass is 407 g/mol. The smallest absolute Gasteiger partial charge is 0.183 e. The number of thiazole rings is 1. The van der Waals surface area contributed by atoms with Gasteiger partial charge in [0.15, 0.2) is 5.13 Å². The molecule has 3 aromatic rings. The normalized spacial score (nSPS) is 15.4. The summed E-state index contributed by atoms with van der Waals surface area (Å²) in [5.74, 6) is 2.16. The Labute approximate surface area is 174 Å². The van der Waals surface area contributed by atoms with Gasteiger partial charge in [0.2, 0.25) is 0 Å². The van der Waals surface area contributed by atoms with Crippen LogP contribution in [-0.4, -0.2) is 22.7 Å². The zero-order chi connectivity index (χ0) is 20.1. The number of aromatic nitrogens is 2. The van der Waals surface area contributed by atoms with Gasteiger partial charge in [-0.15, -0.1) is 0 Å². The SMILES string of the molecule is N=C/C(=C\N)c1cc(Oc2ccc3nc(NCC4CCCCC4)sc3c2)ccn1. The summed E-state index contributed by atoms with van der Waals surface area (Å²) in [7, 11) is 0. The Balaban J connectivity index is 1.46. The number of pyridine rings is 1. The molecule has 1 aliphatic carbocycles. The van der Waals surface area contributed by atoms with Crippen LogP contribution in [0.5, 0.6) is 11.5 Å². The number of nitrogens with one attached hydrogen (secondary N) is 2. The van der Waals surface area contributed by atoms with Gasteiger partial charge in [-0.3, -0.25) is 4.98 Å². The summed E-state index contributed by atoms with van der Waals surface area (Å²) in [6.07, 6.45) is 10.9. The van der Waals surface area contributed by atoms with Crippen LogP contribution in [0.25, 0.3) is 15.8 Å². The fraction of sp³-hybridized carbons (Fsp3) is 0.318. The lowest BCUT2D eigenvalue weighted by atomic mass is 9.89. The third-order valence-corrected chi connectivity index (χ3v) is 6.20. The maximum absolute atomic E-state index is 7.42. The first-order valence-corrected chi connectivity index (χ1v) is 10.8. The van der Waals surface area contributed by atoms with Gasteiger partial charge in [0.05, 0.1) is 15.9 Å². The number of anilines is 1. The third-order valence-electron chi connectivity index (χ3n) is 5.22. The summed E-state index contributed by atoms with van der Waals surface area (Å²) in [6.45, 7) is 1.01. The fourth-order valence-electron chi connectivity index (χ4n) is 3.64. The molecular weight excluding hydrogens is 382 g/mol. The number of allylic oxidation sites excluding steroid dienone is 1. The van der Waals surface area contributed by atoms with E-state index >= 15 is 0 Å². The van der Waals surface area contributed by atoms with Crippen molar-refractivity contribution in [2.75, 3.05) is 11.9 Å². The van der Waals surface area contributed by atoms with Gasteiger partial charge in [0.25, 0.3) is 0 Å². The largest absolute Gasteiger partial charge is 0.457 e. The zero-order valence-corrected chi connectivity index (χ0v) is 17.0. The van der Waals surface area contributed by atoms with E-state index in [0.29, 0.717) is 17.0 Å². The minimum Gasteiger partial charge on any atom is -0.457 e. The molecule has 1 saturated carbocycles. The molecule has 6 nitrogen and oxygen atoms in total. The van der Waals surface area contributed by atoms with Crippen LogP contribution in [0, 0.1) is 11.3 Å². The number of nitrogens with two attached hydrogens (primary N) is 1. The Morgan fingerprint density at radius 1 is 1.21 bits per heavy atom. The lowest BCUT2D eigenvalue weighted by Crippen LogP contribution is -2.16. The Morgan fingerprint density at radius 2 is 2.03 bits per heavy atom. The van der Waals surface area contributed by atoms with E-state index in [2.05, 4.69) is 10.3 Å². The average molecular weight is 408 g/mol. The van der Waals surface area contributed by atoms with E-state index in [-0.39, 0.29) is 0 Å². The second-order valence-corrected chi connectivity index (χ2v) is 8.31. The van der Waals surface area contributed by atoms with Crippen molar-refractivity contribution in [2.45, 2.75) is 32.1 Å². The second kappa shape index (κ2) is 9.05. The Kier molecular flexibility index (Phi) is 6.05. The molecule has 0 unspecified atom stereocenters. The molecular formula is C22H25N5OS. The van der Waals surface area contributed by atoms with Gasteiger partial charge in [-0.1, -0.05) is 30.6 Å². The molecule has 1 aliphatic rings. The maximum atomic E-state index is 7.42. The van der Waals surface area contributed by atoms with E-state index in [1.807, 2.05) is 18.2 Å². The van der Waals surface area contributed by atoms with Crippen LogP contribution in [0.2, 0.25) is 0 Å². The van der Waals surface area contributed by atoms with Gasteiger partial charge < -0.3 is 21.2 Å². The van der Waals surface area contributed by atoms with E-state index in [0.717, 1.165) is 33.6 Å². The predicted octanol–water partition coefficient (Wildman–Crippen LogP) is 5.42. The molecule has 0 radical (unpaired) electrons. The molecule has 0 atom stereocenters. The molecule has 4 N–H and O–H groups in total. The Hall–Kier alpha value is -2.93. The van der Waals surface area contributed by atoms with Gasteiger partial charge in [0.1, 0.15) is 11.5 Å². The number of fused-ring (bicyclic) bond motifs is 1. The zero-order valence-electron chi connectivity index (χ0n) is 16.2. The summed E-state index contributed by atoms with van der Waals surface area (Å²) >= 11 is 1.66. The number of hydrogen-bond acceptors (Lipinski definition) is 7. The molecule has 150 valence electrons. The van der Waals surface area contributed by atoms with Crippen LogP contribution < -0.4 is 15.8 Å². The average Bonchev–Trinajstić information content (AvgIpc) is 3.16. The van der Waals surface area contributed by atoms with E-state index < -0.39 is 0 Å². The van der Waals surface area contributed by atoms with Crippen LogP contribution in [0.15, 0.2) is 42.7 Å². The van der Waals surface area contributed by atoms with Crippen molar-refractivity contribution in [1.29, 1.82) is 5.41 Å². The number of hydrogen-bond donors (Lipinski definition) is 3. The third kappa shape index (κ3) is 4.74. The van der Waals surface area contributed by atoms with Crippen LogP contribution in [0.3, 0.4) is 0 Å². The standard InChI is InChI=1S/C22H25N5OS/c23-12-16(13-24)20-10-18(8-9-25-20)28-17-6-7-19-21(11-17)29-22(27-19)26-14-15-4-2-1-3-5-15/h6-13,15,23H,1-5,14,24H2,(H,26,27)/b16-13+,23-12?. The van der Waals surface area contributed by atoms with Gasteiger partial charge in [0, 0.05) is 42.9 Å². The molecule has 1 aromatic carbocycles. The minimum absolute atomic E-state index is 0.544. The van der Waals surface area contributed by atoms with E-state index in [1.54, 1.807) is 29.7 Å². The fourth-order valence-corrected chi connectivity index (χ4v) is 4.54. The minimum atomic E-state index is 0.544. The Morgan fingerprint density at radius 3 is 2.83 bits per heavy atom. The van der Waals surface area contributed by atoms with Crippen LogP contribution in [0.1, 0.15) is 37.8 Å². The van der Waals surface area contributed by atoms with Crippen LogP contribution in [0.4, 0.5) is 5.13 Å². The van der Waals surface area contributed by atoms with Crippen molar-refractivity contribution in [1.82, 2.24) is 9.97 Å². The number of benzene rings is 1. The molecule has 4 rings (SSSR count). The first-order chi connectivity index (χ1) is 14.2. The van der Waals surface area contributed by atoms with Gasteiger partial charge in [-0.25, -0.2) is 4.98 Å².